The molecule has 0 radical (unpaired) electrons. The van der Waals surface area contributed by atoms with E-state index in [1.165, 1.54) is 13.0 Å². The van der Waals surface area contributed by atoms with Gasteiger partial charge in [0.05, 0.1) is 18.4 Å². The summed E-state index contributed by atoms with van der Waals surface area (Å²) < 4.78 is 10.1. The molecule has 0 aliphatic rings. The molecule has 2 aromatic carbocycles. The van der Waals surface area contributed by atoms with Crippen molar-refractivity contribution in [1.82, 2.24) is 10.6 Å². The van der Waals surface area contributed by atoms with Crippen molar-refractivity contribution in [1.29, 1.82) is 0 Å². The molecule has 2 rings (SSSR count). The number of amides is 3. The van der Waals surface area contributed by atoms with Crippen molar-refractivity contribution in [3.05, 3.63) is 65.7 Å². The summed E-state index contributed by atoms with van der Waals surface area (Å²) in [5, 5.41) is 7.85. The Hall–Kier alpha value is -4.14. The van der Waals surface area contributed by atoms with Gasteiger partial charge in [0.2, 0.25) is 5.91 Å². The maximum atomic E-state index is 12.4. The number of carbonyl (C=O) groups excluding carboxylic acids is 4. The van der Waals surface area contributed by atoms with E-state index in [1.807, 2.05) is 13.8 Å². The summed E-state index contributed by atoms with van der Waals surface area (Å²) in [6.45, 7) is 5.33. The van der Waals surface area contributed by atoms with E-state index in [4.69, 9.17) is 9.47 Å². The van der Waals surface area contributed by atoms with E-state index < -0.39 is 30.4 Å². The molecule has 1 atom stereocenters. The van der Waals surface area contributed by atoms with Crippen LogP contribution in [0.5, 0.6) is 5.75 Å². The standard InChI is InChI=1S/C26H31N3O6/c1-17(2)15-27-25(32)21-7-5-6-8-22(21)29-24(31)16-35-26(33)18(3)28-23(30)14-11-19-9-12-20(34-4)13-10-19/h5-14,17-18H,15-16H2,1-4H3,(H,27,32)(H,28,30)(H,29,31). The number of carbonyl (C=O) groups is 4. The molecule has 0 aliphatic heterocycles. The highest BCUT2D eigenvalue weighted by Gasteiger charge is 2.18. The van der Waals surface area contributed by atoms with Crippen molar-refractivity contribution >= 4 is 35.5 Å². The summed E-state index contributed by atoms with van der Waals surface area (Å²) in [5.74, 6) is -1.21. The van der Waals surface area contributed by atoms with E-state index in [2.05, 4.69) is 16.0 Å². The van der Waals surface area contributed by atoms with Crippen LogP contribution in [0.15, 0.2) is 54.6 Å². The third kappa shape index (κ3) is 9.32. The Balaban J connectivity index is 1.83. The summed E-state index contributed by atoms with van der Waals surface area (Å²) in [5.41, 5.74) is 1.39. The molecule has 2 aromatic rings. The largest absolute Gasteiger partial charge is 0.497 e. The minimum absolute atomic E-state index is 0.278. The van der Waals surface area contributed by atoms with Crippen LogP contribution in [0.25, 0.3) is 6.08 Å². The topological polar surface area (TPSA) is 123 Å². The zero-order chi connectivity index (χ0) is 25.8. The number of methoxy groups -OCH3 is 1. The third-order valence-electron chi connectivity index (χ3n) is 4.72. The zero-order valence-corrected chi connectivity index (χ0v) is 20.3. The van der Waals surface area contributed by atoms with Crippen molar-refractivity contribution in [3.8, 4) is 5.75 Å². The minimum Gasteiger partial charge on any atom is -0.497 e. The molecule has 0 aromatic heterocycles. The Labute approximate surface area is 204 Å². The molecule has 9 heteroatoms. The molecule has 0 aliphatic carbocycles. The lowest BCUT2D eigenvalue weighted by Crippen LogP contribution is -2.39. The lowest BCUT2D eigenvalue weighted by Gasteiger charge is -2.14. The zero-order valence-electron chi connectivity index (χ0n) is 20.3. The maximum Gasteiger partial charge on any atom is 0.328 e. The summed E-state index contributed by atoms with van der Waals surface area (Å²) in [7, 11) is 1.56. The van der Waals surface area contributed by atoms with Crippen LogP contribution >= 0.6 is 0 Å². The van der Waals surface area contributed by atoms with Crippen LogP contribution in [-0.4, -0.2) is 50.0 Å². The van der Waals surface area contributed by atoms with Gasteiger partial charge in [-0.2, -0.15) is 0 Å². The van der Waals surface area contributed by atoms with Crippen LogP contribution in [0, 0.1) is 5.92 Å². The molecule has 0 saturated carbocycles. The van der Waals surface area contributed by atoms with Crippen LogP contribution in [0.3, 0.4) is 0 Å². The van der Waals surface area contributed by atoms with E-state index in [0.717, 1.165) is 5.56 Å². The Morgan fingerprint density at radius 3 is 2.31 bits per heavy atom. The molecule has 35 heavy (non-hydrogen) atoms. The number of hydrogen-bond acceptors (Lipinski definition) is 6. The smallest absolute Gasteiger partial charge is 0.328 e. The van der Waals surface area contributed by atoms with E-state index in [0.29, 0.717) is 23.5 Å². The predicted molar refractivity (Wildman–Crippen MR) is 133 cm³/mol. The van der Waals surface area contributed by atoms with Crippen molar-refractivity contribution in [3.63, 3.8) is 0 Å². The summed E-state index contributed by atoms with van der Waals surface area (Å²) in [4.78, 5) is 48.9. The monoisotopic (exact) mass is 481 g/mol. The highest BCUT2D eigenvalue weighted by molar-refractivity contribution is 6.04. The first-order chi connectivity index (χ1) is 16.7. The first-order valence-corrected chi connectivity index (χ1v) is 11.2. The quantitative estimate of drug-likeness (QED) is 0.335. The minimum atomic E-state index is -0.968. The van der Waals surface area contributed by atoms with Crippen LogP contribution in [0.1, 0.15) is 36.7 Å². The SMILES string of the molecule is COc1ccc(C=CC(=O)NC(C)C(=O)OCC(=O)Nc2ccccc2C(=O)NCC(C)C)cc1. The van der Waals surface area contributed by atoms with Crippen LogP contribution in [0.4, 0.5) is 5.69 Å². The van der Waals surface area contributed by atoms with Crippen molar-refractivity contribution in [2.75, 3.05) is 25.6 Å². The van der Waals surface area contributed by atoms with Gasteiger partial charge in [-0.15, -0.1) is 0 Å². The maximum absolute atomic E-state index is 12.4. The number of anilines is 1. The molecular weight excluding hydrogens is 450 g/mol. The van der Waals surface area contributed by atoms with Gasteiger partial charge in [0.15, 0.2) is 6.61 Å². The Morgan fingerprint density at radius 1 is 0.971 bits per heavy atom. The average molecular weight is 482 g/mol. The van der Waals surface area contributed by atoms with Gasteiger partial charge in [-0.25, -0.2) is 4.79 Å². The number of esters is 1. The lowest BCUT2D eigenvalue weighted by atomic mass is 10.1. The molecular formula is C26H31N3O6. The second-order valence-corrected chi connectivity index (χ2v) is 8.14. The first kappa shape index (κ1) is 27.1. The first-order valence-electron chi connectivity index (χ1n) is 11.2. The molecule has 1 unspecified atom stereocenters. The molecule has 3 N–H and O–H groups in total. The Kier molecular flexibility index (Phi) is 10.5. The number of nitrogens with one attached hydrogen (secondary N) is 3. The van der Waals surface area contributed by atoms with E-state index in [9.17, 15) is 19.2 Å². The second-order valence-electron chi connectivity index (χ2n) is 8.14. The number of hydrogen-bond donors (Lipinski definition) is 3. The fraction of sp³-hybridized carbons (Fsp3) is 0.308. The highest BCUT2D eigenvalue weighted by Crippen LogP contribution is 2.15. The molecule has 9 nitrogen and oxygen atoms in total. The van der Waals surface area contributed by atoms with Crippen LogP contribution in [-0.2, 0) is 19.1 Å². The van der Waals surface area contributed by atoms with Gasteiger partial charge in [0.1, 0.15) is 11.8 Å². The Morgan fingerprint density at radius 2 is 1.66 bits per heavy atom. The van der Waals surface area contributed by atoms with Crippen LogP contribution in [0.2, 0.25) is 0 Å². The predicted octanol–water partition coefficient (Wildman–Crippen LogP) is 2.78. The fourth-order valence-electron chi connectivity index (χ4n) is 2.84. The number of para-hydroxylation sites is 1. The van der Waals surface area contributed by atoms with Crippen molar-refractivity contribution < 1.29 is 28.7 Å². The molecule has 0 bridgehead atoms. The molecule has 186 valence electrons. The molecule has 3 amide bonds. The van der Waals surface area contributed by atoms with E-state index >= 15 is 0 Å². The second kappa shape index (κ2) is 13.5. The van der Waals surface area contributed by atoms with Crippen molar-refractivity contribution in [2.24, 2.45) is 5.92 Å². The lowest BCUT2D eigenvalue weighted by molar-refractivity contribution is -0.149. The van der Waals surface area contributed by atoms with Gasteiger partial charge in [-0.3, -0.25) is 14.4 Å². The normalized spacial score (nSPS) is 11.6. The Bertz CT molecular complexity index is 1060. The van der Waals surface area contributed by atoms with Gasteiger partial charge in [0.25, 0.3) is 11.8 Å². The van der Waals surface area contributed by atoms with Gasteiger partial charge >= 0.3 is 5.97 Å². The number of benzene rings is 2. The van der Waals surface area contributed by atoms with Gasteiger partial charge in [0, 0.05) is 12.6 Å². The van der Waals surface area contributed by atoms with Crippen LogP contribution < -0.4 is 20.7 Å². The summed E-state index contributed by atoms with van der Waals surface area (Å²) in [6.07, 6.45) is 2.88. The number of ether oxygens (including phenoxy) is 2. The van der Waals surface area contributed by atoms with E-state index in [-0.39, 0.29) is 11.8 Å². The van der Waals surface area contributed by atoms with Gasteiger partial charge < -0.3 is 25.4 Å². The molecule has 0 spiro atoms. The van der Waals surface area contributed by atoms with E-state index in [1.54, 1.807) is 61.7 Å². The summed E-state index contributed by atoms with van der Waals surface area (Å²) >= 11 is 0. The fourth-order valence-corrected chi connectivity index (χ4v) is 2.84. The van der Waals surface area contributed by atoms with Gasteiger partial charge in [-0.05, 0) is 48.7 Å². The summed E-state index contributed by atoms with van der Waals surface area (Å²) in [6, 6.07) is 12.7. The number of rotatable bonds is 11. The molecule has 0 saturated heterocycles. The highest BCUT2D eigenvalue weighted by atomic mass is 16.5. The molecule has 0 heterocycles. The third-order valence-corrected chi connectivity index (χ3v) is 4.72. The van der Waals surface area contributed by atoms with Gasteiger partial charge in [-0.1, -0.05) is 38.1 Å². The van der Waals surface area contributed by atoms with Crippen molar-refractivity contribution in [2.45, 2.75) is 26.8 Å². The average Bonchev–Trinajstić information content (AvgIpc) is 2.85. The molecule has 0 fully saturated rings.